The van der Waals surface area contributed by atoms with E-state index in [1.807, 2.05) is 11.7 Å². The van der Waals surface area contributed by atoms with Gasteiger partial charge in [-0.3, -0.25) is 4.68 Å². The number of hydrogen-bond acceptors (Lipinski definition) is 4. The molecule has 1 aliphatic rings. The molecule has 1 saturated carbocycles. The van der Waals surface area contributed by atoms with E-state index in [4.69, 9.17) is 4.74 Å². The molecule has 20 heavy (non-hydrogen) atoms. The fourth-order valence-electron chi connectivity index (χ4n) is 3.30. The first kappa shape index (κ1) is 15.4. The summed E-state index contributed by atoms with van der Waals surface area (Å²) in [7, 11) is 1.96. The number of ether oxygens (including phenoxy) is 1. The molecule has 0 radical (unpaired) electrons. The standard InChI is InChI=1S/C15H28N4O/c1-4-10-16-13(11-14-17-12-18-19(14)3)15(20-5-2)8-6-7-9-15/h12-13,16H,4-11H2,1-3H3. The third-order valence-electron chi connectivity index (χ3n) is 4.35. The highest BCUT2D eigenvalue weighted by atomic mass is 16.5. The minimum absolute atomic E-state index is 0.0180. The van der Waals surface area contributed by atoms with Crippen LogP contribution in [0.1, 0.15) is 51.8 Å². The summed E-state index contributed by atoms with van der Waals surface area (Å²) in [5.74, 6) is 1.03. The van der Waals surface area contributed by atoms with Crippen molar-refractivity contribution < 1.29 is 4.74 Å². The van der Waals surface area contributed by atoms with Gasteiger partial charge in [-0.1, -0.05) is 19.8 Å². The lowest BCUT2D eigenvalue weighted by Gasteiger charge is -2.38. The second kappa shape index (κ2) is 7.18. The number of hydrogen-bond donors (Lipinski definition) is 1. The topological polar surface area (TPSA) is 52.0 Å². The van der Waals surface area contributed by atoms with E-state index in [2.05, 4.69) is 29.2 Å². The minimum Gasteiger partial charge on any atom is -0.374 e. The van der Waals surface area contributed by atoms with Crippen LogP contribution in [0.5, 0.6) is 0 Å². The Morgan fingerprint density at radius 2 is 2.15 bits per heavy atom. The van der Waals surface area contributed by atoms with E-state index in [0.717, 1.165) is 44.7 Å². The first-order chi connectivity index (χ1) is 9.72. The molecule has 2 rings (SSSR count). The van der Waals surface area contributed by atoms with Crippen molar-refractivity contribution in [2.45, 2.75) is 64.0 Å². The Kier molecular flexibility index (Phi) is 5.54. The molecule has 1 N–H and O–H groups in total. The molecule has 1 unspecified atom stereocenters. The molecule has 1 aromatic heterocycles. The van der Waals surface area contributed by atoms with E-state index < -0.39 is 0 Å². The first-order valence-corrected chi connectivity index (χ1v) is 7.92. The van der Waals surface area contributed by atoms with E-state index in [9.17, 15) is 0 Å². The van der Waals surface area contributed by atoms with E-state index in [1.54, 1.807) is 6.33 Å². The molecular weight excluding hydrogens is 252 g/mol. The number of aromatic nitrogens is 3. The highest BCUT2D eigenvalue weighted by Gasteiger charge is 2.42. The van der Waals surface area contributed by atoms with Gasteiger partial charge in [-0.25, -0.2) is 4.98 Å². The van der Waals surface area contributed by atoms with Crippen molar-refractivity contribution in [1.29, 1.82) is 0 Å². The third-order valence-corrected chi connectivity index (χ3v) is 4.35. The van der Waals surface area contributed by atoms with Crippen LogP contribution in [-0.4, -0.2) is 39.6 Å². The average molecular weight is 280 g/mol. The number of rotatable bonds is 8. The van der Waals surface area contributed by atoms with Gasteiger partial charge in [0.05, 0.1) is 5.60 Å². The molecular formula is C15H28N4O. The maximum absolute atomic E-state index is 6.22. The zero-order valence-electron chi connectivity index (χ0n) is 13.1. The van der Waals surface area contributed by atoms with Gasteiger partial charge in [-0.2, -0.15) is 5.10 Å². The van der Waals surface area contributed by atoms with E-state index in [1.165, 1.54) is 12.8 Å². The average Bonchev–Trinajstić information content (AvgIpc) is 3.05. The normalized spacial score (nSPS) is 19.4. The van der Waals surface area contributed by atoms with E-state index in [-0.39, 0.29) is 5.60 Å². The Hall–Kier alpha value is -0.940. The molecule has 0 aromatic carbocycles. The van der Waals surface area contributed by atoms with Gasteiger partial charge in [-0.15, -0.1) is 0 Å². The molecule has 114 valence electrons. The van der Waals surface area contributed by atoms with Crippen LogP contribution in [0.4, 0.5) is 0 Å². The van der Waals surface area contributed by atoms with Crippen LogP contribution in [0, 0.1) is 0 Å². The van der Waals surface area contributed by atoms with Crippen LogP contribution in [0.3, 0.4) is 0 Å². The summed E-state index contributed by atoms with van der Waals surface area (Å²) >= 11 is 0. The molecule has 0 aliphatic heterocycles. The number of nitrogens with one attached hydrogen (secondary N) is 1. The van der Waals surface area contributed by atoms with Crippen LogP contribution in [0.2, 0.25) is 0 Å². The Morgan fingerprint density at radius 1 is 1.40 bits per heavy atom. The van der Waals surface area contributed by atoms with Gasteiger partial charge in [0.1, 0.15) is 12.2 Å². The zero-order valence-corrected chi connectivity index (χ0v) is 13.1. The van der Waals surface area contributed by atoms with Crippen molar-refractivity contribution in [1.82, 2.24) is 20.1 Å². The zero-order chi connectivity index (χ0) is 14.4. The van der Waals surface area contributed by atoms with Crippen LogP contribution in [0.25, 0.3) is 0 Å². The predicted octanol–water partition coefficient (Wildman–Crippen LogP) is 2.08. The van der Waals surface area contributed by atoms with E-state index >= 15 is 0 Å². The lowest BCUT2D eigenvalue weighted by molar-refractivity contribution is -0.0617. The maximum Gasteiger partial charge on any atom is 0.138 e. The summed E-state index contributed by atoms with van der Waals surface area (Å²) in [6.45, 7) is 6.11. The van der Waals surface area contributed by atoms with Gasteiger partial charge >= 0.3 is 0 Å². The van der Waals surface area contributed by atoms with Crippen LogP contribution in [-0.2, 0) is 18.2 Å². The van der Waals surface area contributed by atoms with Crippen molar-refractivity contribution in [3.05, 3.63) is 12.2 Å². The monoisotopic (exact) mass is 280 g/mol. The van der Waals surface area contributed by atoms with Crippen LogP contribution < -0.4 is 5.32 Å². The summed E-state index contributed by atoms with van der Waals surface area (Å²) in [5.41, 5.74) is -0.0180. The Balaban J connectivity index is 2.14. The molecule has 0 amide bonds. The molecule has 1 heterocycles. The number of nitrogens with zero attached hydrogens (tertiary/aromatic N) is 3. The van der Waals surface area contributed by atoms with Crippen molar-refractivity contribution in [3.8, 4) is 0 Å². The second-order valence-corrected chi connectivity index (χ2v) is 5.72. The molecule has 0 spiro atoms. The fourth-order valence-corrected chi connectivity index (χ4v) is 3.30. The summed E-state index contributed by atoms with van der Waals surface area (Å²) in [6.07, 6.45) is 8.49. The maximum atomic E-state index is 6.22. The predicted molar refractivity (Wildman–Crippen MR) is 79.6 cm³/mol. The quantitative estimate of drug-likeness (QED) is 0.792. The van der Waals surface area contributed by atoms with Crippen LogP contribution >= 0.6 is 0 Å². The first-order valence-electron chi connectivity index (χ1n) is 7.92. The lowest BCUT2D eigenvalue weighted by atomic mass is 9.89. The molecule has 5 heteroatoms. The van der Waals surface area contributed by atoms with Gasteiger partial charge in [-0.05, 0) is 32.7 Å². The highest BCUT2D eigenvalue weighted by molar-refractivity contribution is 5.02. The smallest absolute Gasteiger partial charge is 0.138 e. The van der Waals surface area contributed by atoms with Gasteiger partial charge < -0.3 is 10.1 Å². The molecule has 1 atom stereocenters. The molecule has 1 aliphatic carbocycles. The van der Waals surface area contributed by atoms with Crippen LogP contribution in [0.15, 0.2) is 6.33 Å². The largest absolute Gasteiger partial charge is 0.374 e. The summed E-state index contributed by atoms with van der Waals surface area (Å²) in [5, 5.41) is 7.88. The summed E-state index contributed by atoms with van der Waals surface area (Å²) in [4.78, 5) is 4.38. The summed E-state index contributed by atoms with van der Waals surface area (Å²) < 4.78 is 8.09. The molecule has 0 saturated heterocycles. The minimum atomic E-state index is -0.0180. The molecule has 1 fully saturated rings. The van der Waals surface area contributed by atoms with Crippen molar-refractivity contribution in [3.63, 3.8) is 0 Å². The third kappa shape index (κ3) is 3.38. The molecule has 5 nitrogen and oxygen atoms in total. The van der Waals surface area contributed by atoms with Crippen molar-refractivity contribution >= 4 is 0 Å². The summed E-state index contributed by atoms with van der Waals surface area (Å²) in [6, 6.07) is 0.327. The number of aryl methyl sites for hydroxylation is 1. The van der Waals surface area contributed by atoms with E-state index in [0.29, 0.717) is 6.04 Å². The SMILES string of the molecule is CCCNC(Cc1ncnn1C)C1(OCC)CCCC1. The van der Waals surface area contributed by atoms with Gasteiger partial charge in [0.2, 0.25) is 0 Å². The van der Waals surface area contributed by atoms with Gasteiger partial charge in [0.25, 0.3) is 0 Å². The van der Waals surface area contributed by atoms with Gasteiger partial charge in [0.15, 0.2) is 0 Å². The Morgan fingerprint density at radius 3 is 2.70 bits per heavy atom. The second-order valence-electron chi connectivity index (χ2n) is 5.72. The lowest BCUT2D eigenvalue weighted by Crippen LogP contribution is -2.52. The highest BCUT2D eigenvalue weighted by Crippen LogP contribution is 2.37. The van der Waals surface area contributed by atoms with Crippen molar-refractivity contribution in [2.24, 2.45) is 7.05 Å². The Bertz CT molecular complexity index is 398. The molecule has 1 aromatic rings. The fraction of sp³-hybridized carbons (Fsp3) is 0.867. The molecule has 0 bridgehead atoms. The van der Waals surface area contributed by atoms with Gasteiger partial charge in [0, 0.05) is 26.1 Å². The van der Waals surface area contributed by atoms with Crippen molar-refractivity contribution in [2.75, 3.05) is 13.2 Å². The Labute approximate surface area is 122 Å².